The Bertz CT molecular complexity index is 252. The summed E-state index contributed by atoms with van der Waals surface area (Å²) < 4.78 is 0. The average Bonchev–Trinajstić information content (AvgIpc) is 2.20. The van der Waals surface area contributed by atoms with Gasteiger partial charge in [-0.3, -0.25) is 14.5 Å². The molecule has 5 heteroatoms. The molecule has 92 valence electrons. The van der Waals surface area contributed by atoms with Crippen LogP contribution in [0.25, 0.3) is 0 Å². The summed E-state index contributed by atoms with van der Waals surface area (Å²) in [6, 6.07) is -0.623. The summed E-state index contributed by atoms with van der Waals surface area (Å²) in [5.41, 5.74) is 0. The van der Waals surface area contributed by atoms with Crippen molar-refractivity contribution < 1.29 is 19.8 Å². The van der Waals surface area contributed by atoms with Gasteiger partial charge in [-0.15, -0.1) is 6.58 Å². The van der Waals surface area contributed by atoms with Gasteiger partial charge in [-0.2, -0.15) is 0 Å². The van der Waals surface area contributed by atoms with Crippen LogP contribution in [0.4, 0.5) is 0 Å². The fourth-order valence-electron chi connectivity index (χ4n) is 1.52. The van der Waals surface area contributed by atoms with Gasteiger partial charge in [0.15, 0.2) is 0 Å². The molecule has 1 atom stereocenters. The van der Waals surface area contributed by atoms with Crippen molar-refractivity contribution in [3.63, 3.8) is 0 Å². The first-order valence-corrected chi connectivity index (χ1v) is 5.32. The predicted octanol–water partition coefficient (Wildman–Crippen LogP) is 1.20. The lowest BCUT2D eigenvalue weighted by molar-refractivity contribution is -0.145. The van der Waals surface area contributed by atoms with E-state index in [1.807, 2.05) is 6.92 Å². The van der Waals surface area contributed by atoms with Crippen LogP contribution in [0.5, 0.6) is 0 Å². The number of hydrogen-bond acceptors (Lipinski definition) is 3. The summed E-state index contributed by atoms with van der Waals surface area (Å²) in [5, 5.41) is 17.6. The third kappa shape index (κ3) is 5.50. The summed E-state index contributed by atoms with van der Waals surface area (Å²) in [5.74, 6) is -1.83. The molecule has 0 aromatic heterocycles. The molecule has 0 aliphatic heterocycles. The second-order valence-corrected chi connectivity index (χ2v) is 3.57. The second kappa shape index (κ2) is 7.87. The number of rotatable bonds is 9. The van der Waals surface area contributed by atoms with Crippen LogP contribution in [0, 0.1) is 0 Å². The van der Waals surface area contributed by atoms with Crippen LogP contribution >= 0.6 is 0 Å². The summed E-state index contributed by atoms with van der Waals surface area (Å²) in [6.45, 7) is 6.08. The van der Waals surface area contributed by atoms with Crippen molar-refractivity contribution in [3.8, 4) is 0 Å². The molecule has 0 aliphatic carbocycles. The van der Waals surface area contributed by atoms with Crippen molar-refractivity contribution in [2.75, 3.05) is 13.1 Å². The average molecular weight is 229 g/mol. The zero-order valence-corrected chi connectivity index (χ0v) is 9.56. The summed E-state index contributed by atoms with van der Waals surface area (Å²) in [4.78, 5) is 23.1. The number of carbonyl (C=O) groups is 2. The van der Waals surface area contributed by atoms with Crippen LogP contribution in [-0.2, 0) is 9.59 Å². The summed E-state index contributed by atoms with van der Waals surface area (Å²) in [6.07, 6.45) is 2.80. The smallest absolute Gasteiger partial charge is 0.320 e. The molecule has 0 fully saturated rings. The zero-order valence-electron chi connectivity index (χ0n) is 9.56. The van der Waals surface area contributed by atoms with Gasteiger partial charge in [0.25, 0.3) is 0 Å². The molecule has 0 radical (unpaired) electrons. The molecule has 5 nitrogen and oxygen atoms in total. The van der Waals surface area contributed by atoms with Gasteiger partial charge in [0, 0.05) is 13.1 Å². The van der Waals surface area contributed by atoms with Gasteiger partial charge in [0.05, 0.1) is 6.42 Å². The van der Waals surface area contributed by atoms with Gasteiger partial charge < -0.3 is 10.2 Å². The highest BCUT2D eigenvalue weighted by molar-refractivity contribution is 5.73. The van der Waals surface area contributed by atoms with Crippen molar-refractivity contribution >= 4 is 11.9 Å². The van der Waals surface area contributed by atoms with Crippen LogP contribution in [0.3, 0.4) is 0 Å². The van der Waals surface area contributed by atoms with Gasteiger partial charge in [-0.1, -0.05) is 19.4 Å². The van der Waals surface area contributed by atoms with E-state index in [-0.39, 0.29) is 13.0 Å². The lowest BCUT2D eigenvalue weighted by Gasteiger charge is -2.26. The van der Waals surface area contributed by atoms with Crippen molar-refractivity contribution in [1.29, 1.82) is 0 Å². The lowest BCUT2D eigenvalue weighted by atomic mass is 10.1. The van der Waals surface area contributed by atoms with Gasteiger partial charge in [0.2, 0.25) is 0 Å². The van der Waals surface area contributed by atoms with E-state index in [2.05, 4.69) is 6.58 Å². The molecule has 1 unspecified atom stereocenters. The van der Waals surface area contributed by atoms with E-state index in [0.29, 0.717) is 13.0 Å². The minimum Gasteiger partial charge on any atom is -0.481 e. The first-order valence-electron chi connectivity index (χ1n) is 5.32. The van der Waals surface area contributed by atoms with E-state index in [1.165, 1.54) is 0 Å². The minimum atomic E-state index is -0.922. The van der Waals surface area contributed by atoms with E-state index in [0.717, 1.165) is 6.42 Å². The van der Waals surface area contributed by atoms with E-state index >= 15 is 0 Å². The monoisotopic (exact) mass is 229 g/mol. The highest BCUT2D eigenvalue weighted by Gasteiger charge is 2.23. The number of aliphatic carboxylic acids is 2. The molecular weight excluding hydrogens is 210 g/mol. The highest BCUT2D eigenvalue weighted by Crippen LogP contribution is 2.08. The minimum absolute atomic E-state index is 0.0542. The Morgan fingerprint density at radius 2 is 2.06 bits per heavy atom. The number of carboxylic acid groups (broad SMARTS) is 2. The third-order valence-corrected chi connectivity index (χ3v) is 2.26. The molecule has 0 heterocycles. The largest absolute Gasteiger partial charge is 0.481 e. The Morgan fingerprint density at radius 3 is 2.44 bits per heavy atom. The van der Waals surface area contributed by atoms with Crippen molar-refractivity contribution in [1.82, 2.24) is 4.90 Å². The standard InChI is InChI=1S/C11H19NO4/c1-3-5-9(11(15)16)12(7-4-2)8-6-10(13)14/h4,9H,2-3,5-8H2,1H3,(H,13,14)(H,15,16). The van der Waals surface area contributed by atoms with Crippen molar-refractivity contribution in [2.45, 2.75) is 32.2 Å². The third-order valence-electron chi connectivity index (χ3n) is 2.26. The predicted molar refractivity (Wildman–Crippen MR) is 60.4 cm³/mol. The fourth-order valence-corrected chi connectivity index (χ4v) is 1.52. The second-order valence-electron chi connectivity index (χ2n) is 3.57. The Kier molecular flexibility index (Phi) is 7.20. The highest BCUT2D eigenvalue weighted by atomic mass is 16.4. The molecule has 0 aromatic carbocycles. The number of carboxylic acids is 2. The molecule has 0 saturated carbocycles. The fraction of sp³-hybridized carbons (Fsp3) is 0.636. The molecule has 0 spiro atoms. The SMILES string of the molecule is C=CCN(CCC(=O)O)C(CCC)C(=O)O. The van der Waals surface area contributed by atoms with Gasteiger partial charge >= 0.3 is 11.9 Å². The van der Waals surface area contributed by atoms with E-state index in [4.69, 9.17) is 10.2 Å². The van der Waals surface area contributed by atoms with Gasteiger partial charge in [-0.05, 0) is 6.42 Å². The van der Waals surface area contributed by atoms with E-state index in [9.17, 15) is 9.59 Å². The zero-order chi connectivity index (χ0) is 12.6. The van der Waals surface area contributed by atoms with Crippen LogP contribution < -0.4 is 0 Å². The van der Waals surface area contributed by atoms with Crippen LogP contribution in [0.1, 0.15) is 26.2 Å². The molecular formula is C11H19NO4. The molecule has 0 bridgehead atoms. The molecule has 0 aromatic rings. The Balaban J connectivity index is 4.48. The van der Waals surface area contributed by atoms with Gasteiger partial charge in [0.1, 0.15) is 6.04 Å². The van der Waals surface area contributed by atoms with Crippen LogP contribution in [-0.4, -0.2) is 46.2 Å². The first-order chi connectivity index (χ1) is 7.52. The maximum absolute atomic E-state index is 11.0. The number of hydrogen-bond donors (Lipinski definition) is 2. The Labute approximate surface area is 95.4 Å². The normalized spacial score (nSPS) is 12.4. The van der Waals surface area contributed by atoms with Crippen molar-refractivity contribution in [3.05, 3.63) is 12.7 Å². The lowest BCUT2D eigenvalue weighted by Crippen LogP contribution is -2.42. The topological polar surface area (TPSA) is 77.8 Å². The maximum Gasteiger partial charge on any atom is 0.320 e. The van der Waals surface area contributed by atoms with Crippen LogP contribution in [0.2, 0.25) is 0 Å². The summed E-state index contributed by atoms with van der Waals surface area (Å²) in [7, 11) is 0. The van der Waals surface area contributed by atoms with Gasteiger partial charge in [-0.25, -0.2) is 0 Å². The molecule has 0 amide bonds. The molecule has 0 aliphatic rings. The quantitative estimate of drug-likeness (QED) is 0.581. The molecule has 2 N–H and O–H groups in total. The molecule has 16 heavy (non-hydrogen) atoms. The van der Waals surface area contributed by atoms with Crippen LogP contribution in [0.15, 0.2) is 12.7 Å². The van der Waals surface area contributed by atoms with E-state index in [1.54, 1.807) is 11.0 Å². The molecule has 0 saturated heterocycles. The van der Waals surface area contributed by atoms with E-state index < -0.39 is 18.0 Å². The maximum atomic E-state index is 11.0. The number of nitrogens with zero attached hydrogens (tertiary/aromatic N) is 1. The Hall–Kier alpha value is -1.36. The summed E-state index contributed by atoms with van der Waals surface area (Å²) >= 11 is 0. The Morgan fingerprint density at radius 1 is 1.44 bits per heavy atom. The molecule has 0 rings (SSSR count). The first kappa shape index (κ1) is 14.6. The van der Waals surface area contributed by atoms with Crippen molar-refractivity contribution in [2.24, 2.45) is 0 Å².